The zero-order valence-corrected chi connectivity index (χ0v) is 11.4. The zero-order valence-electron chi connectivity index (χ0n) is 11.4. The second-order valence-electron chi connectivity index (χ2n) is 6.35. The number of halogens is 2. The number of fused-ring (bicyclic) bond motifs is 1. The van der Waals surface area contributed by atoms with Crippen LogP contribution < -0.4 is 5.43 Å². The van der Waals surface area contributed by atoms with Crippen LogP contribution in [0, 0.1) is 23.0 Å². The Labute approximate surface area is 116 Å². The van der Waals surface area contributed by atoms with Crippen LogP contribution in [0.5, 0.6) is 0 Å². The van der Waals surface area contributed by atoms with Crippen LogP contribution in [0.2, 0.25) is 0 Å². The van der Waals surface area contributed by atoms with Crippen LogP contribution in [-0.4, -0.2) is 17.5 Å². The molecule has 1 aromatic carbocycles. The zero-order chi connectivity index (χ0) is 14.5. The van der Waals surface area contributed by atoms with Gasteiger partial charge in [-0.05, 0) is 30.0 Å². The first-order valence-electron chi connectivity index (χ1n) is 6.69. The summed E-state index contributed by atoms with van der Waals surface area (Å²) in [5.74, 6) is -2.06. The average Bonchev–Trinajstić information content (AvgIpc) is 2.75. The van der Waals surface area contributed by atoms with Crippen molar-refractivity contribution in [3.63, 3.8) is 0 Å². The fourth-order valence-electron chi connectivity index (χ4n) is 3.18. The molecule has 1 N–H and O–H groups in total. The molecule has 1 aliphatic heterocycles. The molecular weight excluding hydrogens is 262 g/mol. The van der Waals surface area contributed by atoms with Crippen LogP contribution in [0.25, 0.3) is 0 Å². The van der Waals surface area contributed by atoms with Gasteiger partial charge in [0.25, 0.3) is 0 Å². The van der Waals surface area contributed by atoms with Gasteiger partial charge in [-0.2, -0.15) is 5.10 Å². The molecule has 1 aliphatic carbocycles. The van der Waals surface area contributed by atoms with Crippen molar-refractivity contribution in [1.82, 2.24) is 5.43 Å². The number of carbonyl (C=O) groups is 1. The molecule has 0 saturated heterocycles. The van der Waals surface area contributed by atoms with Crippen molar-refractivity contribution < 1.29 is 13.6 Å². The second kappa shape index (κ2) is 4.36. The van der Waals surface area contributed by atoms with Gasteiger partial charge in [0, 0.05) is 12.0 Å². The fraction of sp³-hybridized carbons (Fsp3) is 0.467. The normalized spacial score (nSPS) is 27.8. The lowest BCUT2D eigenvalue weighted by Crippen LogP contribution is -2.45. The molecule has 0 radical (unpaired) electrons. The van der Waals surface area contributed by atoms with Crippen LogP contribution >= 0.6 is 0 Å². The summed E-state index contributed by atoms with van der Waals surface area (Å²) in [6, 6.07) is 3.59. The smallest absolute Gasteiger partial charge is 0.159 e. The Kier molecular flexibility index (Phi) is 2.88. The SMILES string of the molecule is CC1(C)CC(=O)C2C(c3ccc(F)c(F)c3)=NNC2C1. The molecule has 1 heterocycles. The summed E-state index contributed by atoms with van der Waals surface area (Å²) in [5.41, 5.74) is 3.92. The molecule has 5 heteroatoms. The molecule has 2 atom stereocenters. The third-order valence-electron chi connectivity index (χ3n) is 4.04. The quantitative estimate of drug-likeness (QED) is 0.858. The second-order valence-corrected chi connectivity index (χ2v) is 6.35. The van der Waals surface area contributed by atoms with E-state index in [1.807, 2.05) is 0 Å². The van der Waals surface area contributed by atoms with Crippen molar-refractivity contribution >= 4 is 11.5 Å². The van der Waals surface area contributed by atoms with Gasteiger partial charge in [-0.1, -0.05) is 13.8 Å². The number of hydrogen-bond donors (Lipinski definition) is 1. The highest BCUT2D eigenvalue weighted by molar-refractivity contribution is 6.15. The van der Waals surface area contributed by atoms with E-state index in [0.717, 1.165) is 18.6 Å². The summed E-state index contributed by atoms with van der Waals surface area (Å²) in [6.07, 6.45) is 1.32. The molecule has 0 spiro atoms. The van der Waals surface area contributed by atoms with Crippen molar-refractivity contribution in [1.29, 1.82) is 0 Å². The van der Waals surface area contributed by atoms with E-state index in [2.05, 4.69) is 24.4 Å². The Bertz CT molecular complexity index is 610. The highest BCUT2D eigenvalue weighted by atomic mass is 19.2. The molecule has 20 heavy (non-hydrogen) atoms. The van der Waals surface area contributed by atoms with Gasteiger partial charge in [0.1, 0.15) is 5.78 Å². The summed E-state index contributed by atoms with van der Waals surface area (Å²) in [5, 5.41) is 4.19. The van der Waals surface area contributed by atoms with Gasteiger partial charge in [0.2, 0.25) is 0 Å². The van der Waals surface area contributed by atoms with E-state index in [9.17, 15) is 13.6 Å². The Morgan fingerprint density at radius 3 is 2.75 bits per heavy atom. The molecule has 0 aromatic heterocycles. The van der Waals surface area contributed by atoms with Gasteiger partial charge >= 0.3 is 0 Å². The van der Waals surface area contributed by atoms with Crippen LogP contribution in [-0.2, 0) is 4.79 Å². The van der Waals surface area contributed by atoms with E-state index in [4.69, 9.17) is 0 Å². The molecule has 2 unspecified atom stereocenters. The first-order valence-corrected chi connectivity index (χ1v) is 6.69. The van der Waals surface area contributed by atoms with Crippen LogP contribution in [0.15, 0.2) is 23.3 Å². The van der Waals surface area contributed by atoms with Gasteiger partial charge in [-0.15, -0.1) is 0 Å². The van der Waals surface area contributed by atoms with Gasteiger partial charge < -0.3 is 5.43 Å². The summed E-state index contributed by atoms with van der Waals surface area (Å²) in [6.45, 7) is 4.11. The number of rotatable bonds is 1. The van der Waals surface area contributed by atoms with Gasteiger partial charge in [-0.3, -0.25) is 4.79 Å². The molecule has 3 nitrogen and oxygen atoms in total. The van der Waals surface area contributed by atoms with Gasteiger partial charge in [-0.25, -0.2) is 8.78 Å². The molecule has 106 valence electrons. The predicted octanol–water partition coefficient (Wildman–Crippen LogP) is 2.65. The van der Waals surface area contributed by atoms with Gasteiger partial charge in [0.05, 0.1) is 17.7 Å². The minimum Gasteiger partial charge on any atom is -0.306 e. The average molecular weight is 278 g/mol. The van der Waals surface area contributed by atoms with E-state index < -0.39 is 11.6 Å². The highest BCUT2D eigenvalue weighted by Gasteiger charge is 2.46. The first-order chi connectivity index (χ1) is 9.37. The number of nitrogens with zero attached hydrogens (tertiary/aromatic N) is 1. The van der Waals surface area contributed by atoms with Crippen molar-refractivity contribution in [2.24, 2.45) is 16.4 Å². The summed E-state index contributed by atoms with van der Waals surface area (Å²) >= 11 is 0. The monoisotopic (exact) mass is 278 g/mol. The Morgan fingerprint density at radius 1 is 1.30 bits per heavy atom. The lowest BCUT2D eigenvalue weighted by molar-refractivity contribution is -0.126. The number of ketones is 1. The summed E-state index contributed by atoms with van der Waals surface area (Å²) < 4.78 is 26.3. The maximum atomic E-state index is 13.3. The summed E-state index contributed by atoms with van der Waals surface area (Å²) in [4.78, 5) is 12.3. The topological polar surface area (TPSA) is 41.5 Å². The number of hydrazone groups is 1. The minimum atomic E-state index is -0.919. The van der Waals surface area contributed by atoms with Gasteiger partial charge in [0.15, 0.2) is 11.6 Å². The maximum absolute atomic E-state index is 13.3. The van der Waals surface area contributed by atoms with E-state index >= 15 is 0 Å². The van der Waals surface area contributed by atoms with E-state index in [0.29, 0.717) is 17.7 Å². The van der Waals surface area contributed by atoms with Crippen molar-refractivity contribution in [2.45, 2.75) is 32.7 Å². The lowest BCUT2D eigenvalue weighted by Gasteiger charge is -2.36. The Hall–Kier alpha value is -1.78. The number of nitrogens with one attached hydrogen (secondary N) is 1. The van der Waals surface area contributed by atoms with Crippen LogP contribution in [0.4, 0.5) is 8.78 Å². The lowest BCUT2D eigenvalue weighted by atomic mass is 9.68. The maximum Gasteiger partial charge on any atom is 0.159 e. The molecule has 0 amide bonds. The Morgan fingerprint density at radius 2 is 2.05 bits per heavy atom. The number of hydrogen-bond acceptors (Lipinski definition) is 3. The molecule has 3 rings (SSSR count). The Balaban J connectivity index is 1.93. The number of carbonyl (C=O) groups excluding carboxylic acids is 1. The third-order valence-corrected chi connectivity index (χ3v) is 4.04. The van der Waals surface area contributed by atoms with Crippen LogP contribution in [0.1, 0.15) is 32.3 Å². The van der Waals surface area contributed by atoms with E-state index in [1.165, 1.54) is 6.07 Å². The highest BCUT2D eigenvalue weighted by Crippen LogP contribution is 2.39. The molecule has 1 fully saturated rings. The van der Waals surface area contributed by atoms with E-state index in [-0.39, 0.29) is 23.2 Å². The minimum absolute atomic E-state index is 0.0469. The summed E-state index contributed by atoms with van der Waals surface area (Å²) in [7, 11) is 0. The molecule has 0 bridgehead atoms. The van der Waals surface area contributed by atoms with Crippen molar-refractivity contribution in [3.05, 3.63) is 35.4 Å². The molecule has 1 aromatic rings. The van der Waals surface area contributed by atoms with E-state index in [1.54, 1.807) is 0 Å². The third kappa shape index (κ3) is 2.11. The first kappa shape index (κ1) is 13.2. The standard InChI is InChI=1S/C15H16F2N2O/c1-15(2)6-11-13(12(20)7-15)14(19-18-11)8-3-4-9(16)10(17)5-8/h3-5,11,13,18H,6-7H2,1-2H3. The largest absolute Gasteiger partial charge is 0.306 e. The molecule has 1 saturated carbocycles. The number of Topliss-reactive ketones (excluding diaryl/α,β-unsaturated/α-hetero) is 1. The molecule has 2 aliphatic rings. The van der Waals surface area contributed by atoms with Crippen molar-refractivity contribution in [3.8, 4) is 0 Å². The van der Waals surface area contributed by atoms with Crippen LogP contribution in [0.3, 0.4) is 0 Å². The molecular formula is C15H16F2N2O. The predicted molar refractivity (Wildman–Crippen MR) is 71.3 cm³/mol. The fourth-order valence-corrected chi connectivity index (χ4v) is 3.18. The number of benzene rings is 1. The van der Waals surface area contributed by atoms with Crippen molar-refractivity contribution in [2.75, 3.05) is 0 Å².